The van der Waals surface area contributed by atoms with Crippen molar-refractivity contribution in [3.63, 3.8) is 0 Å². The van der Waals surface area contributed by atoms with E-state index in [1.54, 1.807) is 5.16 Å². The van der Waals surface area contributed by atoms with Crippen LogP contribution in [0.2, 0.25) is 0 Å². The molecule has 0 aliphatic carbocycles. The van der Waals surface area contributed by atoms with E-state index in [2.05, 4.69) is 50.3 Å². The first-order valence-electron chi connectivity index (χ1n) is 3.28. The van der Waals surface area contributed by atoms with E-state index < -0.39 is 0 Å². The van der Waals surface area contributed by atoms with Gasteiger partial charge < -0.3 is 0 Å². The Labute approximate surface area is 72.6 Å². The minimum Gasteiger partial charge on any atom is -0.248 e. The van der Waals surface area contributed by atoms with Crippen LogP contribution in [-0.2, 0) is 0 Å². The molecule has 0 heterocycles. The van der Waals surface area contributed by atoms with Crippen LogP contribution in [0.3, 0.4) is 0 Å². The number of hydrogen-bond acceptors (Lipinski definition) is 2. The number of isothiocyanates is 1. The molecule has 0 unspecified atom stereocenters. The lowest BCUT2D eigenvalue weighted by molar-refractivity contribution is 1.34. The minimum absolute atomic E-state index is 1.37. The van der Waals surface area contributed by atoms with E-state index in [-0.39, 0.29) is 0 Å². The van der Waals surface area contributed by atoms with Crippen LogP contribution < -0.4 is 0 Å². The summed E-state index contributed by atoms with van der Waals surface area (Å²) in [6.45, 7) is 4.24. The van der Waals surface area contributed by atoms with E-state index in [0.29, 0.717) is 0 Å². The second-order valence-electron chi connectivity index (χ2n) is 2.19. The molecule has 0 aliphatic heterocycles. The summed E-state index contributed by atoms with van der Waals surface area (Å²) in [5, 5.41) is 7.36. The molecule has 1 rings (SSSR count). The van der Waals surface area contributed by atoms with E-state index >= 15 is 0 Å². The molecule has 0 radical (unpaired) electrons. The van der Waals surface area contributed by atoms with Gasteiger partial charge in [0.05, 0.1) is 5.16 Å². The summed E-state index contributed by atoms with van der Waals surface area (Å²) < 4.78 is 0. The van der Waals surface area contributed by atoms with Gasteiger partial charge in [-0.25, -0.2) is 5.41 Å². The third kappa shape index (κ3) is 4.43. The molecule has 0 amide bonds. The molecule has 0 atom stereocenters. The van der Waals surface area contributed by atoms with Crippen LogP contribution in [0, 0.1) is 19.3 Å². The van der Waals surface area contributed by atoms with Gasteiger partial charge in [-0.1, -0.05) is 24.3 Å². The maximum atomic E-state index is 5.77. The SMILES string of the molecule is Cc1ccccc1C.N=C=S. The van der Waals surface area contributed by atoms with Crippen molar-refractivity contribution in [1.82, 2.24) is 0 Å². The van der Waals surface area contributed by atoms with Crippen LogP contribution in [0.5, 0.6) is 0 Å². The number of nitrogens with one attached hydrogen (secondary N) is 1. The molecule has 0 saturated heterocycles. The maximum Gasteiger partial charge on any atom is 0.0554 e. The molecule has 1 aromatic carbocycles. The number of hydrogen-bond donors (Lipinski definition) is 1. The zero-order valence-electron chi connectivity index (χ0n) is 6.72. The Kier molecular flexibility index (Phi) is 5.26. The first kappa shape index (κ1) is 10.0. The second-order valence-corrected chi connectivity index (χ2v) is 2.39. The molecule has 1 nitrogen and oxygen atoms in total. The summed E-state index contributed by atoms with van der Waals surface area (Å²) in [6.07, 6.45) is 0. The summed E-state index contributed by atoms with van der Waals surface area (Å²) >= 11 is 3.81. The summed E-state index contributed by atoms with van der Waals surface area (Å²) in [4.78, 5) is 0. The zero-order valence-corrected chi connectivity index (χ0v) is 7.53. The fourth-order valence-corrected chi connectivity index (χ4v) is 0.663. The highest BCUT2D eigenvalue weighted by molar-refractivity contribution is 7.78. The molecule has 0 saturated carbocycles. The van der Waals surface area contributed by atoms with Gasteiger partial charge in [-0.05, 0) is 37.2 Å². The Balaban J connectivity index is 0.000000292. The van der Waals surface area contributed by atoms with Gasteiger partial charge in [-0.15, -0.1) is 0 Å². The molecule has 1 N–H and O–H groups in total. The van der Waals surface area contributed by atoms with Crippen LogP contribution in [0.15, 0.2) is 24.3 Å². The Morgan fingerprint density at radius 2 is 1.45 bits per heavy atom. The molecule has 58 valence electrons. The Morgan fingerprint density at radius 3 is 1.64 bits per heavy atom. The fraction of sp³-hybridized carbons (Fsp3) is 0.222. The van der Waals surface area contributed by atoms with Crippen LogP contribution in [0.1, 0.15) is 11.1 Å². The highest BCUT2D eigenvalue weighted by atomic mass is 32.1. The molecule has 0 bridgehead atoms. The average molecular weight is 165 g/mol. The Hall–Kier alpha value is -0.980. The smallest absolute Gasteiger partial charge is 0.0554 e. The summed E-state index contributed by atoms with van der Waals surface area (Å²) in [5.74, 6) is 0. The number of benzene rings is 1. The zero-order chi connectivity index (χ0) is 8.69. The monoisotopic (exact) mass is 165 g/mol. The summed E-state index contributed by atoms with van der Waals surface area (Å²) in [7, 11) is 0. The summed E-state index contributed by atoms with van der Waals surface area (Å²) in [6, 6.07) is 8.36. The van der Waals surface area contributed by atoms with E-state index in [4.69, 9.17) is 5.41 Å². The van der Waals surface area contributed by atoms with Gasteiger partial charge in [0.15, 0.2) is 0 Å². The molecule has 0 aliphatic rings. The normalized spacial score (nSPS) is 7.45. The van der Waals surface area contributed by atoms with Crippen molar-refractivity contribution < 1.29 is 0 Å². The molecule has 0 spiro atoms. The number of thiocarbonyl (C=S) groups is 1. The Bertz CT molecular complexity index is 228. The van der Waals surface area contributed by atoms with Crippen LogP contribution in [0.25, 0.3) is 0 Å². The summed E-state index contributed by atoms with van der Waals surface area (Å²) in [5.41, 5.74) is 2.74. The molecule has 11 heavy (non-hydrogen) atoms. The van der Waals surface area contributed by atoms with Crippen molar-refractivity contribution in [3.8, 4) is 0 Å². The lowest BCUT2D eigenvalue weighted by atomic mass is 10.1. The predicted molar refractivity (Wildman–Crippen MR) is 51.2 cm³/mol. The van der Waals surface area contributed by atoms with E-state index in [0.717, 1.165) is 0 Å². The topological polar surface area (TPSA) is 23.9 Å². The van der Waals surface area contributed by atoms with Crippen molar-refractivity contribution in [2.45, 2.75) is 13.8 Å². The van der Waals surface area contributed by atoms with Gasteiger partial charge in [-0.3, -0.25) is 0 Å². The highest BCUT2D eigenvalue weighted by Gasteiger charge is 1.83. The third-order valence-corrected chi connectivity index (χ3v) is 1.43. The highest BCUT2D eigenvalue weighted by Crippen LogP contribution is 2.02. The quantitative estimate of drug-likeness (QED) is 0.463. The molecule has 0 aromatic heterocycles. The van der Waals surface area contributed by atoms with Crippen molar-refractivity contribution in [2.24, 2.45) is 0 Å². The van der Waals surface area contributed by atoms with E-state index in [1.807, 2.05) is 0 Å². The first-order valence-corrected chi connectivity index (χ1v) is 3.69. The molecule has 2 heteroatoms. The Morgan fingerprint density at radius 1 is 1.18 bits per heavy atom. The molecular formula is C9H11NS. The first-order chi connectivity index (χ1) is 5.22. The van der Waals surface area contributed by atoms with E-state index in [1.165, 1.54) is 11.1 Å². The van der Waals surface area contributed by atoms with Crippen molar-refractivity contribution in [1.29, 1.82) is 5.41 Å². The van der Waals surface area contributed by atoms with Crippen molar-refractivity contribution in [3.05, 3.63) is 35.4 Å². The maximum absolute atomic E-state index is 5.77. The lowest BCUT2D eigenvalue weighted by Crippen LogP contribution is -1.74. The number of aryl methyl sites for hydroxylation is 2. The van der Waals surface area contributed by atoms with Gasteiger partial charge in [0.25, 0.3) is 0 Å². The van der Waals surface area contributed by atoms with Gasteiger partial charge in [0.2, 0.25) is 0 Å². The third-order valence-electron chi connectivity index (χ3n) is 1.43. The minimum atomic E-state index is 1.37. The predicted octanol–water partition coefficient (Wildman–Crippen LogP) is 2.97. The largest absolute Gasteiger partial charge is 0.248 e. The number of rotatable bonds is 0. The van der Waals surface area contributed by atoms with Gasteiger partial charge in [-0.2, -0.15) is 0 Å². The van der Waals surface area contributed by atoms with Crippen molar-refractivity contribution in [2.75, 3.05) is 0 Å². The van der Waals surface area contributed by atoms with Crippen LogP contribution >= 0.6 is 12.2 Å². The van der Waals surface area contributed by atoms with Crippen LogP contribution in [-0.4, -0.2) is 5.16 Å². The van der Waals surface area contributed by atoms with Gasteiger partial charge >= 0.3 is 0 Å². The molecule has 1 aromatic rings. The van der Waals surface area contributed by atoms with E-state index in [9.17, 15) is 0 Å². The van der Waals surface area contributed by atoms with Gasteiger partial charge in [0.1, 0.15) is 0 Å². The van der Waals surface area contributed by atoms with Crippen LogP contribution in [0.4, 0.5) is 0 Å². The van der Waals surface area contributed by atoms with Gasteiger partial charge in [0, 0.05) is 0 Å². The lowest BCUT2D eigenvalue weighted by Gasteiger charge is -1.93. The standard InChI is InChI=1S/C8H10.CHNS/c1-7-5-3-4-6-8(7)2;2-1-3/h3-6H,1-2H3;2H. The van der Waals surface area contributed by atoms with Crippen molar-refractivity contribution >= 4 is 17.4 Å². The second kappa shape index (κ2) is 5.78. The fourth-order valence-electron chi connectivity index (χ4n) is 0.663. The molecular weight excluding hydrogens is 154 g/mol. The average Bonchev–Trinajstić information content (AvgIpc) is 1.97. The molecule has 0 fully saturated rings.